The summed E-state index contributed by atoms with van der Waals surface area (Å²) in [4.78, 5) is 0. The third-order valence-electron chi connectivity index (χ3n) is 4.89. The number of allylic oxidation sites excluding steroid dienone is 3. The second-order valence-electron chi connectivity index (χ2n) is 6.37. The molecule has 0 amide bonds. The van der Waals surface area contributed by atoms with Crippen LogP contribution in [0.25, 0.3) is 0 Å². The summed E-state index contributed by atoms with van der Waals surface area (Å²) in [5.74, 6) is 0.0899. The van der Waals surface area contributed by atoms with Gasteiger partial charge in [0.1, 0.15) is 0 Å². The summed E-state index contributed by atoms with van der Waals surface area (Å²) in [6.45, 7) is 7.04. The molecule has 0 aromatic heterocycles. The third kappa shape index (κ3) is 1.88. The molecule has 0 unspecified atom stereocenters. The first kappa shape index (κ1) is 12.8. The van der Waals surface area contributed by atoms with Crippen LogP contribution in [-0.2, 0) is 0 Å². The van der Waals surface area contributed by atoms with E-state index in [-0.39, 0.29) is 30.0 Å². The summed E-state index contributed by atoms with van der Waals surface area (Å²) in [7, 11) is 0. The van der Waals surface area contributed by atoms with Crippen LogP contribution in [0.5, 0.6) is 0 Å². The minimum atomic E-state index is 0.0311. The largest absolute Gasteiger partial charge is 0.396 e. The van der Waals surface area contributed by atoms with Gasteiger partial charge in [-0.3, -0.25) is 0 Å². The topological polar surface area (TPSA) is 40.5 Å². The number of aliphatic hydroxyl groups excluding tert-OH is 2. The number of aliphatic hydroxyl groups is 2. The molecule has 0 aromatic carbocycles. The van der Waals surface area contributed by atoms with Gasteiger partial charge in [0.05, 0.1) is 13.2 Å². The summed E-state index contributed by atoms with van der Waals surface area (Å²) in [5, 5.41) is 19.1. The summed E-state index contributed by atoms with van der Waals surface area (Å²) in [6.07, 6.45) is 7.75. The zero-order valence-electron chi connectivity index (χ0n) is 11.2. The van der Waals surface area contributed by atoms with Gasteiger partial charge in [-0.05, 0) is 29.2 Å². The van der Waals surface area contributed by atoms with E-state index >= 15 is 0 Å². The maximum absolute atomic E-state index is 9.69. The predicted molar refractivity (Wildman–Crippen MR) is 69.6 cm³/mol. The fourth-order valence-corrected chi connectivity index (χ4v) is 3.92. The van der Waals surface area contributed by atoms with Gasteiger partial charge in [0.2, 0.25) is 0 Å². The van der Waals surface area contributed by atoms with E-state index in [0.717, 1.165) is 12.0 Å². The third-order valence-corrected chi connectivity index (χ3v) is 4.89. The Kier molecular flexibility index (Phi) is 3.21. The van der Waals surface area contributed by atoms with Gasteiger partial charge in [0, 0.05) is 5.92 Å². The maximum atomic E-state index is 9.69. The van der Waals surface area contributed by atoms with Crippen LogP contribution < -0.4 is 0 Å². The van der Waals surface area contributed by atoms with E-state index in [9.17, 15) is 10.2 Å². The average molecular weight is 236 g/mol. The molecule has 2 heteroatoms. The number of rotatable bonds is 2. The van der Waals surface area contributed by atoms with Crippen LogP contribution in [0.15, 0.2) is 23.3 Å². The fraction of sp³-hybridized carbons (Fsp3) is 0.733. The van der Waals surface area contributed by atoms with Crippen LogP contribution >= 0.6 is 0 Å². The molecule has 0 heterocycles. The van der Waals surface area contributed by atoms with Gasteiger partial charge in [-0.1, -0.05) is 44.9 Å². The fourth-order valence-electron chi connectivity index (χ4n) is 3.92. The van der Waals surface area contributed by atoms with Crippen LogP contribution in [0.2, 0.25) is 0 Å². The molecule has 0 aliphatic heterocycles. The van der Waals surface area contributed by atoms with Gasteiger partial charge >= 0.3 is 0 Å². The lowest BCUT2D eigenvalue weighted by Gasteiger charge is -2.51. The van der Waals surface area contributed by atoms with Crippen LogP contribution in [0.1, 0.15) is 40.0 Å². The highest BCUT2D eigenvalue weighted by Gasteiger charge is 2.47. The van der Waals surface area contributed by atoms with Crippen molar-refractivity contribution in [3.63, 3.8) is 0 Å². The van der Waals surface area contributed by atoms with Crippen LogP contribution in [-0.4, -0.2) is 23.4 Å². The first-order valence-electron chi connectivity index (χ1n) is 6.59. The Morgan fingerprint density at radius 1 is 1.18 bits per heavy atom. The smallest absolute Gasteiger partial charge is 0.0648 e. The van der Waals surface area contributed by atoms with Gasteiger partial charge in [-0.15, -0.1) is 0 Å². The van der Waals surface area contributed by atoms with Crippen molar-refractivity contribution in [1.29, 1.82) is 0 Å². The molecule has 2 aliphatic rings. The summed E-state index contributed by atoms with van der Waals surface area (Å²) < 4.78 is 0. The van der Waals surface area contributed by atoms with E-state index < -0.39 is 0 Å². The van der Waals surface area contributed by atoms with Crippen molar-refractivity contribution in [2.75, 3.05) is 13.2 Å². The zero-order valence-corrected chi connectivity index (χ0v) is 11.2. The highest BCUT2D eigenvalue weighted by Crippen LogP contribution is 2.57. The molecule has 0 aromatic rings. The number of hydrogen-bond acceptors (Lipinski definition) is 2. The zero-order chi connectivity index (χ0) is 12.7. The molecule has 1 saturated carbocycles. The van der Waals surface area contributed by atoms with Gasteiger partial charge in [0.15, 0.2) is 0 Å². The van der Waals surface area contributed by atoms with Crippen molar-refractivity contribution in [2.24, 2.45) is 16.7 Å². The van der Waals surface area contributed by atoms with E-state index in [4.69, 9.17) is 0 Å². The Balaban J connectivity index is 2.48. The molecule has 0 saturated heterocycles. The van der Waals surface area contributed by atoms with Crippen molar-refractivity contribution in [3.8, 4) is 0 Å². The van der Waals surface area contributed by atoms with Crippen LogP contribution in [0.3, 0.4) is 0 Å². The predicted octanol–water partition coefficient (Wildman–Crippen LogP) is 2.67. The Morgan fingerprint density at radius 3 is 2.47 bits per heavy atom. The monoisotopic (exact) mass is 236 g/mol. The first-order chi connectivity index (χ1) is 7.95. The molecule has 0 spiro atoms. The molecular formula is C15H24O2. The van der Waals surface area contributed by atoms with Crippen molar-refractivity contribution in [2.45, 2.75) is 40.0 Å². The molecule has 17 heavy (non-hydrogen) atoms. The Hall–Kier alpha value is -0.600. The quantitative estimate of drug-likeness (QED) is 0.774. The Bertz CT molecular complexity index is 365. The SMILES string of the molecule is CC1(C)CCC[C@@]2(C)C1=CC=C(CO)[C@H]2CO. The van der Waals surface area contributed by atoms with Gasteiger partial charge in [-0.2, -0.15) is 0 Å². The molecule has 0 bridgehead atoms. The van der Waals surface area contributed by atoms with Gasteiger partial charge < -0.3 is 10.2 Å². The van der Waals surface area contributed by atoms with E-state index in [1.54, 1.807) is 0 Å². The summed E-state index contributed by atoms with van der Waals surface area (Å²) >= 11 is 0. The highest BCUT2D eigenvalue weighted by molar-refractivity contribution is 5.38. The second-order valence-corrected chi connectivity index (χ2v) is 6.37. The Morgan fingerprint density at radius 2 is 1.88 bits per heavy atom. The lowest BCUT2D eigenvalue weighted by atomic mass is 9.53. The summed E-state index contributed by atoms with van der Waals surface area (Å²) in [5.41, 5.74) is 2.69. The maximum Gasteiger partial charge on any atom is 0.0648 e. The van der Waals surface area contributed by atoms with Crippen molar-refractivity contribution >= 4 is 0 Å². The van der Waals surface area contributed by atoms with Gasteiger partial charge in [-0.25, -0.2) is 0 Å². The first-order valence-corrected chi connectivity index (χ1v) is 6.59. The Labute approximate surface area is 104 Å². The van der Waals surface area contributed by atoms with E-state index in [1.165, 1.54) is 18.4 Å². The second kappa shape index (κ2) is 4.25. The molecular weight excluding hydrogens is 212 g/mol. The number of hydrogen-bond donors (Lipinski definition) is 2. The highest BCUT2D eigenvalue weighted by atomic mass is 16.3. The molecule has 96 valence electrons. The van der Waals surface area contributed by atoms with E-state index in [0.29, 0.717) is 0 Å². The molecule has 2 rings (SSSR count). The molecule has 2 N–H and O–H groups in total. The standard InChI is InChI=1S/C15H24O2/c1-14(2)7-4-8-15(3)12(10-17)11(9-16)5-6-13(14)15/h5-6,12,16-17H,4,7-10H2,1-3H3/t12-,15-/m1/s1. The van der Waals surface area contributed by atoms with Crippen molar-refractivity contribution in [3.05, 3.63) is 23.3 Å². The number of fused-ring (bicyclic) bond motifs is 1. The van der Waals surface area contributed by atoms with Crippen molar-refractivity contribution < 1.29 is 10.2 Å². The van der Waals surface area contributed by atoms with Crippen LogP contribution in [0, 0.1) is 16.7 Å². The molecule has 2 nitrogen and oxygen atoms in total. The van der Waals surface area contributed by atoms with E-state index in [1.807, 2.05) is 6.08 Å². The normalized spacial score (nSPS) is 35.9. The minimum absolute atomic E-state index is 0.0311. The molecule has 0 radical (unpaired) electrons. The van der Waals surface area contributed by atoms with E-state index in [2.05, 4.69) is 26.8 Å². The minimum Gasteiger partial charge on any atom is -0.396 e. The lowest BCUT2D eigenvalue weighted by Crippen LogP contribution is -2.43. The van der Waals surface area contributed by atoms with Gasteiger partial charge in [0.25, 0.3) is 0 Å². The lowest BCUT2D eigenvalue weighted by molar-refractivity contribution is 0.0872. The summed E-state index contributed by atoms with van der Waals surface area (Å²) in [6, 6.07) is 0. The van der Waals surface area contributed by atoms with Crippen molar-refractivity contribution in [1.82, 2.24) is 0 Å². The molecule has 2 atom stereocenters. The molecule has 1 fully saturated rings. The average Bonchev–Trinajstić information content (AvgIpc) is 2.26. The van der Waals surface area contributed by atoms with Crippen LogP contribution in [0.4, 0.5) is 0 Å². The molecule has 2 aliphatic carbocycles.